The number of thiazole rings is 1. The van der Waals surface area contributed by atoms with Gasteiger partial charge < -0.3 is 10.3 Å². The minimum Gasteiger partial charge on any atom is -0.345 e. The first-order valence-electron chi connectivity index (χ1n) is 7.49. The Bertz CT molecular complexity index is 1210. The molecule has 2 N–H and O–H groups in total. The van der Waals surface area contributed by atoms with Gasteiger partial charge >= 0.3 is 0 Å². The van der Waals surface area contributed by atoms with Crippen molar-refractivity contribution >= 4 is 55.0 Å². The van der Waals surface area contributed by atoms with Crippen LogP contribution < -0.4 is 5.32 Å². The maximum absolute atomic E-state index is 4.57. The van der Waals surface area contributed by atoms with Crippen LogP contribution in [0.2, 0.25) is 0 Å². The minimum atomic E-state index is 0.785. The Morgan fingerprint density at radius 3 is 2.83 bits per heavy atom. The van der Waals surface area contributed by atoms with Gasteiger partial charge in [0.25, 0.3) is 0 Å². The van der Waals surface area contributed by atoms with Crippen LogP contribution in [0.1, 0.15) is 5.01 Å². The summed E-state index contributed by atoms with van der Waals surface area (Å²) >= 11 is 1.66. The zero-order chi connectivity index (χ0) is 16.1. The largest absolute Gasteiger partial charge is 0.345 e. The van der Waals surface area contributed by atoms with Gasteiger partial charge in [-0.25, -0.2) is 19.9 Å². The molecule has 0 bridgehead atoms. The molecule has 2 aromatic carbocycles. The van der Waals surface area contributed by atoms with Crippen molar-refractivity contribution < 1.29 is 0 Å². The number of aromatic nitrogens is 5. The Morgan fingerprint density at radius 1 is 1.00 bits per heavy atom. The first-order valence-corrected chi connectivity index (χ1v) is 8.30. The van der Waals surface area contributed by atoms with Gasteiger partial charge in [0.1, 0.15) is 12.1 Å². The average Bonchev–Trinajstić information content (AvgIpc) is 3.19. The summed E-state index contributed by atoms with van der Waals surface area (Å²) in [5.41, 5.74) is 4.76. The first-order chi connectivity index (χ1) is 11.8. The van der Waals surface area contributed by atoms with Crippen LogP contribution in [0.15, 0.2) is 43.0 Å². The van der Waals surface area contributed by atoms with E-state index in [4.69, 9.17) is 0 Å². The molecule has 0 aliphatic carbocycles. The van der Waals surface area contributed by atoms with E-state index in [1.54, 1.807) is 24.0 Å². The van der Waals surface area contributed by atoms with Gasteiger partial charge in [-0.2, -0.15) is 0 Å². The zero-order valence-electron chi connectivity index (χ0n) is 12.7. The number of anilines is 2. The first kappa shape index (κ1) is 13.4. The maximum Gasteiger partial charge on any atom is 0.143 e. The van der Waals surface area contributed by atoms with Crippen molar-refractivity contribution in [3.05, 3.63) is 48.0 Å². The minimum absolute atomic E-state index is 0.785. The summed E-state index contributed by atoms with van der Waals surface area (Å²) in [6, 6.07) is 9.99. The van der Waals surface area contributed by atoms with Crippen molar-refractivity contribution in [2.24, 2.45) is 0 Å². The lowest BCUT2D eigenvalue weighted by Crippen LogP contribution is -1.96. The Hall–Kier alpha value is -3.06. The molecule has 0 radical (unpaired) electrons. The van der Waals surface area contributed by atoms with Crippen molar-refractivity contribution in [2.75, 3.05) is 5.32 Å². The summed E-state index contributed by atoms with van der Waals surface area (Å²) < 4.78 is 1.11. The van der Waals surface area contributed by atoms with Crippen LogP contribution in [0.3, 0.4) is 0 Å². The molecule has 0 aliphatic heterocycles. The van der Waals surface area contributed by atoms with Crippen LogP contribution in [-0.4, -0.2) is 24.9 Å². The molecule has 116 valence electrons. The van der Waals surface area contributed by atoms with Crippen molar-refractivity contribution in [1.82, 2.24) is 24.9 Å². The molecular formula is C17H12N6S. The van der Waals surface area contributed by atoms with E-state index < -0.39 is 0 Å². The Balaban J connectivity index is 1.71. The summed E-state index contributed by atoms with van der Waals surface area (Å²) in [6.07, 6.45) is 3.28. The van der Waals surface area contributed by atoms with Gasteiger partial charge in [0.15, 0.2) is 0 Å². The van der Waals surface area contributed by atoms with Gasteiger partial charge in [0, 0.05) is 5.69 Å². The fraction of sp³-hybridized carbons (Fsp3) is 0.0588. The van der Waals surface area contributed by atoms with Crippen molar-refractivity contribution in [3.8, 4) is 0 Å². The third-order valence-corrected chi connectivity index (χ3v) is 4.95. The maximum atomic E-state index is 4.57. The lowest BCUT2D eigenvalue weighted by Gasteiger charge is -2.09. The zero-order valence-corrected chi connectivity index (χ0v) is 13.6. The van der Waals surface area contributed by atoms with Gasteiger partial charge in [-0.3, -0.25) is 0 Å². The normalized spacial score (nSPS) is 11.5. The smallest absolute Gasteiger partial charge is 0.143 e. The molecule has 5 rings (SSSR count). The highest BCUT2D eigenvalue weighted by Gasteiger charge is 2.12. The molecule has 0 fully saturated rings. The van der Waals surface area contributed by atoms with Crippen LogP contribution in [0.4, 0.5) is 11.5 Å². The van der Waals surface area contributed by atoms with Crippen LogP contribution in [0.5, 0.6) is 0 Å². The summed E-state index contributed by atoms with van der Waals surface area (Å²) in [6.45, 7) is 2.01. The quantitative estimate of drug-likeness (QED) is 0.507. The number of H-pyrrole nitrogens is 1. The molecule has 0 saturated carbocycles. The van der Waals surface area contributed by atoms with Crippen LogP contribution >= 0.6 is 11.3 Å². The highest BCUT2D eigenvalue weighted by molar-refractivity contribution is 7.19. The highest BCUT2D eigenvalue weighted by atomic mass is 32.1. The predicted molar refractivity (Wildman–Crippen MR) is 96.8 cm³/mol. The number of benzene rings is 2. The lowest BCUT2D eigenvalue weighted by molar-refractivity contribution is 1.22. The van der Waals surface area contributed by atoms with E-state index in [2.05, 4.69) is 30.2 Å². The van der Waals surface area contributed by atoms with E-state index in [-0.39, 0.29) is 0 Å². The highest BCUT2D eigenvalue weighted by Crippen LogP contribution is 2.34. The number of hydrogen-bond acceptors (Lipinski definition) is 6. The van der Waals surface area contributed by atoms with E-state index in [1.165, 1.54) is 0 Å². The van der Waals surface area contributed by atoms with Gasteiger partial charge in [0.05, 0.1) is 43.5 Å². The second-order valence-corrected chi connectivity index (χ2v) is 6.73. The number of hydrogen-bond donors (Lipinski definition) is 2. The number of fused-ring (bicyclic) bond motifs is 4. The fourth-order valence-corrected chi connectivity index (χ4v) is 3.85. The summed E-state index contributed by atoms with van der Waals surface area (Å²) in [5.74, 6) is 0.785. The Kier molecular flexibility index (Phi) is 2.77. The fourth-order valence-electron chi connectivity index (χ4n) is 2.89. The topological polar surface area (TPSA) is 79.4 Å². The SMILES string of the molecule is Cc1nc2ccc3ncnc(Nc4ccc5nc[nH]c5c4)c3c2s1. The Labute approximate surface area is 140 Å². The van der Waals surface area contributed by atoms with Gasteiger partial charge in [0.2, 0.25) is 0 Å². The van der Waals surface area contributed by atoms with Gasteiger partial charge in [-0.1, -0.05) is 0 Å². The molecule has 0 spiro atoms. The van der Waals surface area contributed by atoms with E-state index in [0.717, 1.165) is 48.7 Å². The summed E-state index contributed by atoms with van der Waals surface area (Å²) in [7, 11) is 0. The second-order valence-electron chi connectivity index (χ2n) is 5.52. The predicted octanol–water partition coefficient (Wildman–Crippen LogP) is 4.17. The Morgan fingerprint density at radius 2 is 1.88 bits per heavy atom. The van der Waals surface area contributed by atoms with Crippen LogP contribution in [-0.2, 0) is 0 Å². The van der Waals surface area contributed by atoms with E-state index in [1.807, 2.05) is 37.3 Å². The number of nitrogens with zero attached hydrogens (tertiary/aromatic N) is 4. The number of aryl methyl sites for hydroxylation is 1. The monoisotopic (exact) mass is 332 g/mol. The van der Waals surface area contributed by atoms with Crippen molar-refractivity contribution in [1.29, 1.82) is 0 Å². The molecule has 7 heteroatoms. The molecule has 6 nitrogen and oxygen atoms in total. The van der Waals surface area contributed by atoms with E-state index in [9.17, 15) is 0 Å². The molecular weight excluding hydrogens is 320 g/mol. The molecule has 0 saturated heterocycles. The van der Waals surface area contributed by atoms with Gasteiger partial charge in [-0.05, 0) is 37.3 Å². The molecule has 0 unspecified atom stereocenters. The second kappa shape index (κ2) is 4.97. The average molecular weight is 332 g/mol. The lowest BCUT2D eigenvalue weighted by atomic mass is 10.2. The van der Waals surface area contributed by atoms with Crippen LogP contribution in [0, 0.1) is 6.92 Å². The van der Waals surface area contributed by atoms with E-state index in [0.29, 0.717) is 0 Å². The summed E-state index contributed by atoms with van der Waals surface area (Å²) in [4.78, 5) is 20.8. The molecule has 3 aromatic heterocycles. The molecule has 0 amide bonds. The van der Waals surface area contributed by atoms with Crippen LogP contribution in [0.25, 0.3) is 32.2 Å². The summed E-state index contributed by atoms with van der Waals surface area (Å²) in [5, 5.41) is 5.45. The molecule has 5 aromatic rings. The third-order valence-electron chi connectivity index (χ3n) is 3.95. The number of nitrogens with one attached hydrogen (secondary N) is 2. The van der Waals surface area contributed by atoms with E-state index >= 15 is 0 Å². The number of imidazole rings is 1. The number of rotatable bonds is 2. The molecule has 3 heterocycles. The third kappa shape index (κ3) is 2.02. The van der Waals surface area contributed by atoms with Gasteiger partial charge in [-0.15, -0.1) is 11.3 Å². The molecule has 24 heavy (non-hydrogen) atoms. The molecule has 0 aliphatic rings. The number of aromatic amines is 1. The standard InChI is InChI=1S/C17H12N6S/c1-9-22-13-5-4-12-15(16(13)24-9)17(21-8-19-12)23-10-2-3-11-14(6-10)20-7-18-11/h2-8H,1H3,(H,18,20)(H,19,21,23). The molecule has 0 atom stereocenters. The van der Waals surface area contributed by atoms with Crippen molar-refractivity contribution in [2.45, 2.75) is 6.92 Å². The van der Waals surface area contributed by atoms with Crippen molar-refractivity contribution in [3.63, 3.8) is 0 Å².